The third kappa shape index (κ3) is 6.98. The Labute approximate surface area is 183 Å². The Morgan fingerprint density at radius 1 is 1.19 bits per heavy atom. The van der Waals surface area contributed by atoms with Crippen molar-refractivity contribution >= 4 is 33.2 Å². The topological polar surface area (TPSA) is 143 Å². The first kappa shape index (κ1) is 22.6. The fourth-order valence-corrected chi connectivity index (χ4v) is 3.92. The van der Waals surface area contributed by atoms with Gasteiger partial charge in [-0.25, -0.2) is 22.6 Å². The van der Waals surface area contributed by atoms with Crippen LogP contribution >= 0.6 is 11.3 Å². The molecular weight excluding hydrogens is 442 g/mol. The van der Waals surface area contributed by atoms with E-state index in [2.05, 4.69) is 20.4 Å². The van der Waals surface area contributed by atoms with Crippen molar-refractivity contribution in [2.45, 2.75) is 19.4 Å². The van der Waals surface area contributed by atoms with Crippen LogP contribution in [0.15, 0.2) is 41.9 Å². The molecule has 0 radical (unpaired) electrons. The molecule has 12 heteroatoms. The molecule has 0 fully saturated rings. The Kier molecular flexibility index (Phi) is 7.15. The highest BCUT2D eigenvalue weighted by atomic mass is 32.2. The fraction of sp³-hybridized carbons (Fsp3) is 0.263. The highest BCUT2D eigenvalue weighted by Crippen LogP contribution is 2.14. The number of carboxylic acids is 1. The van der Waals surface area contributed by atoms with E-state index in [-0.39, 0.29) is 30.3 Å². The van der Waals surface area contributed by atoms with E-state index in [1.54, 1.807) is 22.3 Å². The van der Waals surface area contributed by atoms with Crippen molar-refractivity contribution in [3.8, 4) is 5.69 Å². The molecule has 1 aromatic carbocycles. The van der Waals surface area contributed by atoms with E-state index in [4.69, 9.17) is 5.11 Å². The first-order chi connectivity index (χ1) is 14.7. The minimum absolute atomic E-state index is 0.169. The summed E-state index contributed by atoms with van der Waals surface area (Å²) >= 11 is 1.13. The number of benzene rings is 1. The van der Waals surface area contributed by atoms with Gasteiger partial charge in [0.15, 0.2) is 0 Å². The number of hydrogen-bond donors (Lipinski definition) is 3. The van der Waals surface area contributed by atoms with Crippen LogP contribution in [0, 0.1) is 0 Å². The van der Waals surface area contributed by atoms with Crippen molar-refractivity contribution in [2.75, 3.05) is 12.8 Å². The monoisotopic (exact) mass is 463 g/mol. The van der Waals surface area contributed by atoms with E-state index in [1.807, 2.05) is 24.3 Å². The van der Waals surface area contributed by atoms with Gasteiger partial charge < -0.3 is 10.4 Å². The van der Waals surface area contributed by atoms with Crippen LogP contribution in [0.25, 0.3) is 5.69 Å². The van der Waals surface area contributed by atoms with Gasteiger partial charge in [-0.1, -0.05) is 17.3 Å². The lowest BCUT2D eigenvalue weighted by atomic mass is 10.1. The quantitative estimate of drug-likeness (QED) is 0.407. The zero-order chi connectivity index (χ0) is 22.4. The van der Waals surface area contributed by atoms with E-state index in [0.29, 0.717) is 12.1 Å². The van der Waals surface area contributed by atoms with Crippen LogP contribution in [0.5, 0.6) is 0 Å². The molecule has 0 spiro atoms. The van der Waals surface area contributed by atoms with Gasteiger partial charge in [-0.05, 0) is 34.7 Å². The van der Waals surface area contributed by atoms with Crippen molar-refractivity contribution in [3.05, 3.63) is 63.6 Å². The summed E-state index contributed by atoms with van der Waals surface area (Å²) in [6.07, 6.45) is 3.43. The van der Waals surface area contributed by atoms with Gasteiger partial charge in [0.2, 0.25) is 15.9 Å². The average Bonchev–Trinajstić information content (AvgIpc) is 3.36. The summed E-state index contributed by atoms with van der Waals surface area (Å²) in [5.74, 6) is -1.15. The van der Waals surface area contributed by atoms with Gasteiger partial charge >= 0.3 is 5.97 Å². The highest BCUT2D eigenvalue weighted by Gasteiger charge is 2.09. The van der Waals surface area contributed by atoms with Gasteiger partial charge in [0.05, 0.1) is 30.3 Å². The maximum Gasteiger partial charge on any atom is 0.345 e. The largest absolute Gasteiger partial charge is 0.477 e. The summed E-state index contributed by atoms with van der Waals surface area (Å²) in [7, 11) is -3.24. The van der Waals surface area contributed by atoms with Crippen LogP contribution in [-0.4, -0.2) is 53.2 Å². The minimum atomic E-state index is -3.24. The molecule has 0 saturated heterocycles. The maximum atomic E-state index is 12.2. The summed E-state index contributed by atoms with van der Waals surface area (Å²) in [6, 6.07) is 8.80. The molecule has 31 heavy (non-hydrogen) atoms. The molecule has 2 aromatic heterocycles. The number of aromatic nitrogens is 3. The van der Waals surface area contributed by atoms with Crippen LogP contribution < -0.4 is 10.0 Å². The molecule has 10 nitrogen and oxygen atoms in total. The molecule has 1 amide bonds. The number of amides is 1. The predicted molar refractivity (Wildman–Crippen MR) is 115 cm³/mol. The van der Waals surface area contributed by atoms with Gasteiger partial charge in [0, 0.05) is 19.5 Å². The normalized spacial score (nSPS) is 11.4. The van der Waals surface area contributed by atoms with Crippen LogP contribution in [0.4, 0.5) is 0 Å². The molecule has 0 aliphatic carbocycles. The Bertz CT molecular complexity index is 1170. The van der Waals surface area contributed by atoms with Crippen LogP contribution in [0.1, 0.15) is 26.5 Å². The molecule has 164 valence electrons. The molecular formula is C19H21N5O5S2. The van der Waals surface area contributed by atoms with Crippen LogP contribution in [-0.2, 0) is 34.2 Å². The Morgan fingerprint density at radius 3 is 2.58 bits per heavy atom. The zero-order valence-corrected chi connectivity index (χ0v) is 18.2. The Hall–Kier alpha value is -3.09. The molecule has 3 rings (SSSR count). The minimum Gasteiger partial charge on any atom is -0.477 e. The van der Waals surface area contributed by atoms with Crippen LogP contribution in [0.3, 0.4) is 0 Å². The van der Waals surface area contributed by atoms with Gasteiger partial charge in [0.25, 0.3) is 0 Å². The van der Waals surface area contributed by atoms with E-state index in [1.165, 1.54) is 0 Å². The number of carbonyl (C=O) groups is 2. The summed E-state index contributed by atoms with van der Waals surface area (Å²) in [5, 5.41) is 21.5. The van der Waals surface area contributed by atoms with E-state index < -0.39 is 16.0 Å². The number of hydrogen-bond acceptors (Lipinski definition) is 7. The second-order valence-corrected chi connectivity index (χ2v) is 9.56. The number of sulfonamides is 1. The number of carboxylic acid groups (broad SMARTS) is 1. The summed E-state index contributed by atoms with van der Waals surface area (Å²) in [5.41, 5.74) is 2.98. The molecule has 0 aliphatic rings. The first-order valence-corrected chi connectivity index (χ1v) is 12.0. The molecule has 0 unspecified atom stereocenters. The molecule has 3 N–H and O–H groups in total. The molecule has 0 atom stereocenters. The smallest absolute Gasteiger partial charge is 0.345 e. The molecule has 0 aliphatic heterocycles. The van der Waals surface area contributed by atoms with E-state index in [9.17, 15) is 18.0 Å². The number of carbonyl (C=O) groups excluding carboxylic acids is 1. The van der Waals surface area contributed by atoms with Crippen molar-refractivity contribution in [1.82, 2.24) is 25.0 Å². The number of nitrogens with zero attached hydrogens (tertiary/aromatic N) is 3. The van der Waals surface area contributed by atoms with Gasteiger partial charge in [-0.3, -0.25) is 4.79 Å². The fourth-order valence-electron chi connectivity index (χ4n) is 2.70. The first-order valence-electron chi connectivity index (χ1n) is 9.22. The van der Waals surface area contributed by atoms with Crippen molar-refractivity contribution in [1.29, 1.82) is 0 Å². The van der Waals surface area contributed by atoms with Crippen LogP contribution in [0.2, 0.25) is 0 Å². The highest BCUT2D eigenvalue weighted by molar-refractivity contribution is 7.88. The Balaban J connectivity index is 1.50. The third-order valence-electron chi connectivity index (χ3n) is 4.21. The number of rotatable bonds is 10. The predicted octanol–water partition coefficient (Wildman–Crippen LogP) is 0.978. The van der Waals surface area contributed by atoms with Crippen molar-refractivity contribution in [3.63, 3.8) is 0 Å². The molecule has 2 heterocycles. The summed E-state index contributed by atoms with van der Waals surface area (Å²) < 4.78 is 26.2. The van der Waals surface area contributed by atoms with Gasteiger partial charge in [-0.15, -0.1) is 16.4 Å². The average molecular weight is 464 g/mol. The standard InChI is InChI=1S/C19H21N5O5S2/c1-31(28,29)21-7-6-15-11-24(23-22-15)16-4-2-13(3-5-16)9-18(25)20-10-14-8-17(19(26)27)30-12-14/h2-5,8,11-12,21H,6-7,9-10H2,1H3,(H,20,25)(H,26,27). The lowest BCUT2D eigenvalue weighted by Gasteiger charge is -2.05. The number of nitrogens with one attached hydrogen (secondary N) is 2. The molecule has 0 bridgehead atoms. The number of thiophene rings is 1. The zero-order valence-electron chi connectivity index (χ0n) is 16.6. The SMILES string of the molecule is CS(=O)(=O)NCCc1cn(-c2ccc(CC(=O)NCc3csc(C(=O)O)c3)cc2)nn1. The molecule has 0 saturated carbocycles. The van der Waals surface area contributed by atoms with Gasteiger partial charge in [0.1, 0.15) is 4.88 Å². The second kappa shape index (κ2) is 9.81. The van der Waals surface area contributed by atoms with E-state index >= 15 is 0 Å². The van der Waals surface area contributed by atoms with Crippen molar-refractivity contribution < 1.29 is 23.1 Å². The lowest BCUT2D eigenvalue weighted by Crippen LogP contribution is -2.24. The number of aromatic carboxylic acids is 1. The maximum absolute atomic E-state index is 12.2. The molecule has 3 aromatic rings. The Morgan fingerprint density at radius 2 is 1.94 bits per heavy atom. The third-order valence-corrected chi connectivity index (χ3v) is 5.90. The second-order valence-electron chi connectivity index (χ2n) is 6.82. The van der Waals surface area contributed by atoms with E-state index in [0.717, 1.165) is 34.4 Å². The lowest BCUT2D eigenvalue weighted by molar-refractivity contribution is -0.120. The summed E-state index contributed by atoms with van der Waals surface area (Å²) in [4.78, 5) is 23.3. The summed E-state index contributed by atoms with van der Waals surface area (Å²) in [6.45, 7) is 0.519. The van der Waals surface area contributed by atoms with Gasteiger partial charge in [-0.2, -0.15) is 0 Å². The van der Waals surface area contributed by atoms with Crippen molar-refractivity contribution in [2.24, 2.45) is 0 Å².